The summed E-state index contributed by atoms with van der Waals surface area (Å²) in [6.07, 6.45) is 11.4. The number of allylic oxidation sites excluding steroid dienone is 4. The van der Waals surface area contributed by atoms with Crippen molar-refractivity contribution in [1.29, 1.82) is 0 Å². The molecule has 1 aliphatic carbocycles. The molecule has 0 aromatic carbocycles. The van der Waals surface area contributed by atoms with E-state index in [0.717, 1.165) is 25.7 Å². The van der Waals surface area contributed by atoms with Crippen molar-refractivity contribution in [1.82, 2.24) is 0 Å². The van der Waals surface area contributed by atoms with Crippen molar-refractivity contribution in [3.63, 3.8) is 0 Å². The molecule has 3 heteroatoms. The summed E-state index contributed by atoms with van der Waals surface area (Å²) in [5.74, 6) is -0.754. The van der Waals surface area contributed by atoms with Gasteiger partial charge in [0.1, 0.15) is 0 Å². The van der Waals surface area contributed by atoms with Crippen LogP contribution < -0.4 is 0 Å². The van der Waals surface area contributed by atoms with Gasteiger partial charge >= 0.3 is 58.6 Å². The predicted octanol–water partition coefficient (Wildman–Crippen LogP) is 3.66. The van der Waals surface area contributed by atoms with Crippen LogP contribution in [0.25, 0.3) is 0 Å². The zero-order chi connectivity index (χ0) is 12.4. The molecule has 0 aliphatic heterocycles. The Labute approximate surface area is 114 Å². The first kappa shape index (κ1) is 15.8. The number of aliphatic carboxylic acids is 1. The van der Waals surface area contributed by atoms with Crippen LogP contribution in [0.3, 0.4) is 0 Å². The fourth-order valence-electron chi connectivity index (χ4n) is 1.40. The monoisotopic (exact) mass is 299 g/mol. The van der Waals surface area contributed by atoms with E-state index in [9.17, 15) is 4.79 Å². The standard InChI is InChI=1S/C8H16O2.C5H5.Zr/c1-3-5-6-7(4-2)8(9)10;1-2-4-5-3-1;/h7H,3-6H2,1-2H3,(H,9,10);1-3H,4H2;. The molecular weight excluding hydrogens is 279 g/mol. The van der Waals surface area contributed by atoms with Gasteiger partial charge in [-0.3, -0.25) is 4.79 Å². The molecule has 1 unspecified atom stereocenters. The summed E-state index contributed by atoms with van der Waals surface area (Å²) in [6.45, 7) is 4.00. The van der Waals surface area contributed by atoms with Crippen LogP contribution in [0, 0.1) is 5.92 Å². The Bertz CT molecular complexity index is 257. The van der Waals surface area contributed by atoms with Gasteiger partial charge in [-0.25, -0.2) is 0 Å². The number of carboxylic acid groups (broad SMARTS) is 1. The summed E-state index contributed by atoms with van der Waals surface area (Å²) in [5.41, 5.74) is 0. The Hall–Kier alpha value is -0.167. The van der Waals surface area contributed by atoms with E-state index in [1.165, 1.54) is 6.42 Å². The van der Waals surface area contributed by atoms with E-state index < -0.39 is 5.97 Å². The van der Waals surface area contributed by atoms with E-state index in [4.69, 9.17) is 5.11 Å². The van der Waals surface area contributed by atoms with Crippen molar-refractivity contribution in [2.45, 2.75) is 46.0 Å². The molecule has 0 amide bonds. The van der Waals surface area contributed by atoms with Crippen LogP contribution in [0.5, 0.6) is 0 Å². The van der Waals surface area contributed by atoms with Crippen LogP contribution in [0.4, 0.5) is 0 Å². The second-order valence-corrected chi connectivity index (χ2v) is 5.49. The number of carbonyl (C=O) groups is 1. The van der Waals surface area contributed by atoms with Gasteiger partial charge in [0.2, 0.25) is 0 Å². The molecule has 0 spiro atoms. The number of hydrogen-bond acceptors (Lipinski definition) is 1. The van der Waals surface area contributed by atoms with Crippen LogP contribution in [0.2, 0.25) is 0 Å². The Morgan fingerprint density at radius 1 is 1.56 bits per heavy atom. The topological polar surface area (TPSA) is 37.3 Å². The maximum absolute atomic E-state index is 10.4. The zero-order valence-electron chi connectivity index (χ0n) is 10.2. The van der Waals surface area contributed by atoms with Gasteiger partial charge in [0, 0.05) is 0 Å². The van der Waals surface area contributed by atoms with E-state index in [1.54, 1.807) is 28.0 Å². The van der Waals surface area contributed by atoms with E-state index in [0.29, 0.717) is 0 Å². The van der Waals surface area contributed by atoms with Gasteiger partial charge in [-0.2, -0.15) is 0 Å². The molecule has 0 fully saturated rings. The Balaban J connectivity index is 0.000000315. The third kappa shape index (κ3) is 8.04. The summed E-state index contributed by atoms with van der Waals surface area (Å²) >= 11 is 1.56. The van der Waals surface area contributed by atoms with Crippen LogP contribution in [0.1, 0.15) is 46.0 Å². The van der Waals surface area contributed by atoms with E-state index in [2.05, 4.69) is 25.2 Å². The predicted molar refractivity (Wildman–Crippen MR) is 62.8 cm³/mol. The minimum atomic E-state index is -0.643. The molecule has 1 atom stereocenters. The van der Waals surface area contributed by atoms with Gasteiger partial charge in [-0.15, -0.1) is 0 Å². The molecule has 0 aromatic rings. The van der Waals surface area contributed by atoms with Gasteiger partial charge in [0.25, 0.3) is 0 Å². The summed E-state index contributed by atoms with van der Waals surface area (Å²) in [5, 5.41) is 8.60. The van der Waals surface area contributed by atoms with Crippen molar-refractivity contribution >= 4 is 5.97 Å². The second-order valence-electron chi connectivity index (χ2n) is 3.91. The first-order valence-electron chi connectivity index (χ1n) is 5.91. The van der Waals surface area contributed by atoms with Crippen molar-refractivity contribution < 1.29 is 34.6 Å². The van der Waals surface area contributed by atoms with Crippen LogP contribution in [-0.2, 0) is 29.5 Å². The molecular formula is C13H21O2Zr. The average Bonchev–Trinajstić information content (AvgIpc) is 2.71. The van der Waals surface area contributed by atoms with Crippen LogP contribution in [-0.4, -0.2) is 11.1 Å². The van der Waals surface area contributed by atoms with Crippen molar-refractivity contribution in [2.24, 2.45) is 5.92 Å². The number of rotatable bonds is 5. The molecule has 1 aliphatic rings. The molecule has 0 bridgehead atoms. The normalized spacial score (nSPS) is 14.9. The van der Waals surface area contributed by atoms with Crippen molar-refractivity contribution in [3.05, 3.63) is 21.5 Å². The van der Waals surface area contributed by atoms with Crippen LogP contribution >= 0.6 is 0 Å². The Morgan fingerprint density at radius 2 is 2.25 bits per heavy atom. The molecule has 0 radical (unpaired) electrons. The fourth-order valence-corrected chi connectivity index (χ4v) is 1.93. The molecule has 0 heterocycles. The van der Waals surface area contributed by atoms with Gasteiger partial charge in [-0.1, -0.05) is 26.7 Å². The summed E-state index contributed by atoms with van der Waals surface area (Å²) in [6, 6.07) is 0. The van der Waals surface area contributed by atoms with Crippen molar-refractivity contribution in [3.8, 4) is 0 Å². The van der Waals surface area contributed by atoms with Gasteiger partial charge in [0.15, 0.2) is 0 Å². The molecule has 0 saturated heterocycles. The molecule has 2 nitrogen and oxygen atoms in total. The Kier molecular flexibility index (Phi) is 9.91. The van der Waals surface area contributed by atoms with E-state index in [1.807, 2.05) is 6.92 Å². The third-order valence-electron chi connectivity index (χ3n) is 2.52. The molecule has 1 N–H and O–H groups in total. The number of hydrogen-bond donors (Lipinski definition) is 1. The number of carboxylic acids is 1. The Morgan fingerprint density at radius 3 is 2.50 bits per heavy atom. The third-order valence-corrected chi connectivity index (χ3v) is 3.43. The minimum absolute atomic E-state index is 0.111. The summed E-state index contributed by atoms with van der Waals surface area (Å²) < 4.78 is 1.56. The SMILES string of the molecule is CCCCC(CC)C(=O)O.[Zr][C]1=CC=CC1. The molecule has 0 saturated carbocycles. The number of unbranched alkanes of at least 4 members (excludes halogenated alkanes) is 1. The zero-order valence-corrected chi connectivity index (χ0v) is 12.7. The van der Waals surface area contributed by atoms with Gasteiger partial charge in [-0.05, 0) is 12.8 Å². The first-order valence-corrected chi connectivity index (χ1v) is 7.14. The van der Waals surface area contributed by atoms with Crippen LogP contribution in [0.15, 0.2) is 21.5 Å². The van der Waals surface area contributed by atoms with E-state index in [-0.39, 0.29) is 5.92 Å². The molecule has 89 valence electrons. The fraction of sp³-hybridized carbons (Fsp3) is 0.615. The van der Waals surface area contributed by atoms with E-state index >= 15 is 0 Å². The summed E-state index contributed by atoms with van der Waals surface area (Å²) in [4.78, 5) is 10.4. The first-order chi connectivity index (χ1) is 7.61. The molecule has 16 heavy (non-hydrogen) atoms. The molecule has 0 aromatic heterocycles. The van der Waals surface area contributed by atoms with Gasteiger partial charge < -0.3 is 5.11 Å². The van der Waals surface area contributed by atoms with Crippen molar-refractivity contribution in [2.75, 3.05) is 0 Å². The van der Waals surface area contributed by atoms with Gasteiger partial charge in [0.05, 0.1) is 5.92 Å². The summed E-state index contributed by atoms with van der Waals surface area (Å²) in [7, 11) is 0. The molecule has 1 rings (SSSR count). The average molecular weight is 301 g/mol. The quantitative estimate of drug-likeness (QED) is 0.841. The second kappa shape index (κ2) is 10.0. The maximum atomic E-state index is 10.4.